The number of aromatic nitrogens is 2. The molecular formula is C26H25N3O4S. The zero-order valence-electron chi connectivity index (χ0n) is 18.7. The summed E-state index contributed by atoms with van der Waals surface area (Å²) in [5, 5.41) is 8.24. The molecule has 0 atom stereocenters. The minimum atomic E-state index is -3.64. The molecule has 0 aliphatic rings. The molecule has 34 heavy (non-hydrogen) atoms. The van der Waals surface area contributed by atoms with Crippen LogP contribution in [0, 0.1) is 0 Å². The van der Waals surface area contributed by atoms with Crippen LogP contribution in [0.1, 0.15) is 6.92 Å². The van der Waals surface area contributed by atoms with Crippen molar-refractivity contribution in [1.82, 2.24) is 14.9 Å². The van der Waals surface area contributed by atoms with Crippen LogP contribution < -0.4 is 14.2 Å². The van der Waals surface area contributed by atoms with Gasteiger partial charge in [0.1, 0.15) is 12.4 Å². The van der Waals surface area contributed by atoms with Gasteiger partial charge in [-0.25, -0.2) is 13.1 Å². The Kier molecular flexibility index (Phi) is 7.51. The van der Waals surface area contributed by atoms with Gasteiger partial charge in [0.05, 0.1) is 17.2 Å². The maximum Gasteiger partial charge on any atom is 0.240 e. The van der Waals surface area contributed by atoms with E-state index in [2.05, 4.69) is 14.9 Å². The van der Waals surface area contributed by atoms with Crippen LogP contribution in [0.25, 0.3) is 22.4 Å². The molecule has 0 saturated carbocycles. The summed E-state index contributed by atoms with van der Waals surface area (Å²) in [5.74, 6) is 1.12. The van der Waals surface area contributed by atoms with Crippen LogP contribution in [0.4, 0.5) is 0 Å². The number of hydrogen-bond donors (Lipinski definition) is 1. The minimum Gasteiger partial charge on any atom is -0.494 e. The van der Waals surface area contributed by atoms with Gasteiger partial charge < -0.3 is 9.47 Å². The summed E-state index contributed by atoms with van der Waals surface area (Å²) in [6.45, 7) is 2.78. The molecule has 8 heteroatoms. The summed E-state index contributed by atoms with van der Waals surface area (Å²) < 4.78 is 38.6. The largest absolute Gasteiger partial charge is 0.494 e. The van der Waals surface area contributed by atoms with Crippen molar-refractivity contribution in [2.75, 3.05) is 19.8 Å². The predicted octanol–water partition coefficient (Wildman–Crippen LogP) is 4.57. The second-order valence-electron chi connectivity index (χ2n) is 7.35. The summed E-state index contributed by atoms with van der Waals surface area (Å²) in [6.07, 6.45) is 0. The van der Waals surface area contributed by atoms with Gasteiger partial charge in [-0.15, -0.1) is 10.2 Å². The van der Waals surface area contributed by atoms with Crippen LogP contribution in [0.3, 0.4) is 0 Å². The van der Waals surface area contributed by atoms with Crippen molar-refractivity contribution >= 4 is 10.0 Å². The van der Waals surface area contributed by atoms with Gasteiger partial charge in [-0.2, -0.15) is 0 Å². The molecule has 0 aliphatic carbocycles. The Labute approximate surface area is 199 Å². The molecule has 0 unspecified atom stereocenters. The van der Waals surface area contributed by atoms with E-state index in [0.29, 0.717) is 18.2 Å². The van der Waals surface area contributed by atoms with Crippen molar-refractivity contribution in [1.29, 1.82) is 0 Å². The first-order chi connectivity index (χ1) is 16.5. The molecule has 4 rings (SSSR count). The van der Waals surface area contributed by atoms with Gasteiger partial charge in [-0.05, 0) is 60.5 Å². The zero-order valence-corrected chi connectivity index (χ0v) is 19.5. The first kappa shape index (κ1) is 23.4. The average molecular weight is 476 g/mol. The molecule has 3 aromatic carbocycles. The Morgan fingerprint density at radius 2 is 1.41 bits per heavy atom. The summed E-state index contributed by atoms with van der Waals surface area (Å²) in [6, 6.07) is 27.7. The second kappa shape index (κ2) is 10.9. The van der Waals surface area contributed by atoms with E-state index < -0.39 is 10.0 Å². The highest BCUT2D eigenvalue weighted by molar-refractivity contribution is 7.89. The Balaban J connectivity index is 1.28. The van der Waals surface area contributed by atoms with Crippen molar-refractivity contribution in [2.24, 2.45) is 0 Å². The molecule has 0 saturated heterocycles. The Morgan fingerprint density at radius 3 is 2.06 bits per heavy atom. The van der Waals surface area contributed by atoms with Crippen molar-refractivity contribution in [3.05, 3.63) is 91.0 Å². The summed E-state index contributed by atoms with van der Waals surface area (Å²) >= 11 is 0. The third-order valence-electron chi connectivity index (χ3n) is 5.02. The molecular weight excluding hydrogens is 450 g/mol. The Hall–Kier alpha value is -3.75. The monoisotopic (exact) mass is 475 g/mol. The molecule has 4 aromatic rings. The second-order valence-corrected chi connectivity index (χ2v) is 9.12. The fourth-order valence-electron chi connectivity index (χ4n) is 3.31. The number of ether oxygens (including phenoxy) is 2. The highest BCUT2D eigenvalue weighted by Gasteiger charge is 2.13. The standard InChI is InChI=1S/C26H25N3O4S/c1-2-32-23-12-8-22(9-13-23)25-16-17-26(29-28-25)33-19-18-27-34(30,31)24-14-10-21(11-15-24)20-6-4-3-5-7-20/h3-17,27H,2,18-19H2,1H3. The van der Waals surface area contributed by atoms with E-state index in [0.717, 1.165) is 22.4 Å². The lowest BCUT2D eigenvalue weighted by atomic mass is 10.1. The van der Waals surface area contributed by atoms with Gasteiger partial charge in [-0.3, -0.25) is 0 Å². The summed E-state index contributed by atoms with van der Waals surface area (Å²) in [5.41, 5.74) is 3.60. The van der Waals surface area contributed by atoms with Crippen LogP contribution >= 0.6 is 0 Å². The molecule has 7 nitrogen and oxygen atoms in total. The highest BCUT2D eigenvalue weighted by atomic mass is 32.2. The predicted molar refractivity (Wildman–Crippen MR) is 131 cm³/mol. The lowest BCUT2D eigenvalue weighted by Gasteiger charge is -2.09. The van der Waals surface area contributed by atoms with Gasteiger partial charge in [-0.1, -0.05) is 42.5 Å². The van der Waals surface area contributed by atoms with E-state index in [-0.39, 0.29) is 18.0 Å². The molecule has 0 aliphatic heterocycles. The van der Waals surface area contributed by atoms with Crippen LogP contribution in [-0.4, -0.2) is 38.4 Å². The van der Waals surface area contributed by atoms with E-state index >= 15 is 0 Å². The van der Waals surface area contributed by atoms with E-state index in [9.17, 15) is 8.42 Å². The molecule has 0 bridgehead atoms. The average Bonchev–Trinajstić information content (AvgIpc) is 2.88. The van der Waals surface area contributed by atoms with Gasteiger partial charge >= 0.3 is 0 Å². The molecule has 1 heterocycles. The van der Waals surface area contributed by atoms with Crippen LogP contribution in [0.15, 0.2) is 95.9 Å². The topological polar surface area (TPSA) is 90.4 Å². The Morgan fingerprint density at radius 1 is 0.735 bits per heavy atom. The van der Waals surface area contributed by atoms with Gasteiger partial charge in [0.15, 0.2) is 0 Å². The van der Waals surface area contributed by atoms with Crippen LogP contribution in [0.5, 0.6) is 11.6 Å². The number of rotatable bonds is 10. The van der Waals surface area contributed by atoms with Crippen LogP contribution in [-0.2, 0) is 10.0 Å². The van der Waals surface area contributed by atoms with Gasteiger partial charge in [0.2, 0.25) is 15.9 Å². The van der Waals surface area contributed by atoms with E-state index in [1.807, 2.05) is 61.5 Å². The molecule has 0 spiro atoms. The zero-order chi connectivity index (χ0) is 23.8. The number of nitrogens with zero attached hydrogens (tertiary/aromatic N) is 2. The molecule has 0 fully saturated rings. The van der Waals surface area contributed by atoms with Crippen molar-refractivity contribution < 1.29 is 17.9 Å². The van der Waals surface area contributed by atoms with Crippen molar-refractivity contribution in [3.63, 3.8) is 0 Å². The van der Waals surface area contributed by atoms with Crippen LogP contribution in [0.2, 0.25) is 0 Å². The first-order valence-corrected chi connectivity index (χ1v) is 12.4. The molecule has 174 valence electrons. The Bertz CT molecular complexity index is 1290. The van der Waals surface area contributed by atoms with E-state index in [1.165, 1.54) is 0 Å². The maximum absolute atomic E-state index is 12.6. The highest BCUT2D eigenvalue weighted by Crippen LogP contribution is 2.22. The van der Waals surface area contributed by atoms with Crippen molar-refractivity contribution in [3.8, 4) is 34.0 Å². The summed E-state index contributed by atoms with van der Waals surface area (Å²) in [4.78, 5) is 0.201. The molecule has 0 radical (unpaired) electrons. The van der Waals surface area contributed by atoms with Gasteiger partial charge in [0.25, 0.3) is 0 Å². The third kappa shape index (κ3) is 5.98. The fraction of sp³-hybridized carbons (Fsp3) is 0.154. The first-order valence-electron chi connectivity index (χ1n) is 10.9. The third-order valence-corrected chi connectivity index (χ3v) is 6.49. The van der Waals surface area contributed by atoms with E-state index in [1.54, 1.807) is 36.4 Å². The SMILES string of the molecule is CCOc1ccc(-c2ccc(OCCNS(=O)(=O)c3ccc(-c4ccccc4)cc3)nn2)cc1. The normalized spacial score (nSPS) is 11.2. The quantitative estimate of drug-likeness (QED) is 0.338. The lowest BCUT2D eigenvalue weighted by molar-refractivity contribution is 0.307. The number of hydrogen-bond acceptors (Lipinski definition) is 6. The number of nitrogens with one attached hydrogen (secondary N) is 1. The lowest BCUT2D eigenvalue weighted by Crippen LogP contribution is -2.28. The smallest absolute Gasteiger partial charge is 0.240 e. The minimum absolute atomic E-state index is 0.102. The number of benzene rings is 3. The summed E-state index contributed by atoms with van der Waals surface area (Å²) in [7, 11) is -3.64. The molecule has 1 N–H and O–H groups in total. The molecule has 0 amide bonds. The van der Waals surface area contributed by atoms with E-state index in [4.69, 9.17) is 9.47 Å². The number of sulfonamides is 1. The van der Waals surface area contributed by atoms with Crippen molar-refractivity contribution in [2.45, 2.75) is 11.8 Å². The molecule has 1 aromatic heterocycles. The fourth-order valence-corrected chi connectivity index (χ4v) is 4.32. The maximum atomic E-state index is 12.6. The van der Waals surface area contributed by atoms with Gasteiger partial charge in [0, 0.05) is 18.2 Å².